The molecule has 25 heavy (non-hydrogen) atoms. The summed E-state index contributed by atoms with van der Waals surface area (Å²) in [6.45, 7) is 0. The molecule has 0 aromatic heterocycles. The van der Waals surface area contributed by atoms with Crippen LogP contribution in [0.25, 0.3) is 0 Å². The molecule has 0 saturated heterocycles. The monoisotopic (exact) mass is 475 g/mol. The van der Waals surface area contributed by atoms with E-state index in [4.69, 9.17) is 22.1 Å². The summed E-state index contributed by atoms with van der Waals surface area (Å²) in [4.78, 5) is 4.34. The molecule has 0 spiro atoms. The number of ether oxygens (including phenoxy) is 1. The lowest BCUT2D eigenvalue weighted by Crippen LogP contribution is -2.41. The number of nitrogens with one attached hydrogen (secondary N) is 1. The van der Waals surface area contributed by atoms with Crippen LogP contribution < -0.4 is 15.8 Å². The molecule has 1 saturated carbocycles. The third kappa shape index (κ3) is 4.76. The van der Waals surface area contributed by atoms with Crippen molar-refractivity contribution >= 4 is 47.2 Å². The number of anilines is 1. The molecule has 2 aromatic rings. The minimum atomic E-state index is -1.38. The second-order valence-corrected chi connectivity index (χ2v) is 6.34. The zero-order valence-corrected chi connectivity index (χ0v) is 16.8. The Morgan fingerprint density at radius 3 is 2.56 bits per heavy atom. The van der Waals surface area contributed by atoms with Gasteiger partial charge in [-0.1, -0.05) is 23.7 Å². The van der Waals surface area contributed by atoms with Gasteiger partial charge in [0.05, 0.1) is 13.2 Å². The van der Waals surface area contributed by atoms with Crippen LogP contribution in [0.5, 0.6) is 5.75 Å². The first kappa shape index (κ1) is 19.8. The largest absolute Gasteiger partial charge is 0.497 e. The molecule has 1 aliphatic carbocycles. The van der Waals surface area contributed by atoms with Gasteiger partial charge in [0, 0.05) is 23.6 Å². The van der Waals surface area contributed by atoms with Crippen LogP contribution in [-0.2, 0) is 5.67 Å². The number of guanidine groups is 1. The molecule has 4 nitrogen and oxygen atoms in total. The summed E-state index contributed by atoms with van der Waals surface area (Å²) >= 11 is 5.93. The smallest absolute Gasteiger partial charge is 0.193 e. The molecule has 1 aliphatic rings. The minimum absolute atomic E-state index is 0. The summed E-state index contributed by atoms with van der Waals surface area (Å²) in [5.74, 6) is 1.04. The van der Waals surface area contributed by atoms with Gasteiger partial charge in [-0.05, 0) is 42.0 Å². The number of alkyl halides is 1. The van der Waals surface area contributed by atoms with Crippen LogP contribution in [0.4, 0.5) is 10.1 Å². The number of methoxy groups -OCH3 is 1. The lowest BCUT2D eigenvalue weighted by atomic mass is 9.73. The minimum Gasteiger partial charge on any atom is -0.497 e. The summed E-state index contributed by atoms with van der Waals surface area (Å²) in [6, 6.07) is 14.1. The molecule has 0 bridgehead atoms. The van der Waals surface area contributed by atoms with Crippen molar-refractivity contribution in [2.75, 3.05) is 12.4 Å². The highest BCUT2D eigenvalue weighted by molar-refractivity contribution is 14.0. The van der Waals surface area contributed by atoms with Crippen molar-refractivity contribution in [3.8, 4) is 5.75 Å². The molecule has 0 radical (unpaired) electrons. The first-order valence-corrected chi connectivity index (χ1v) is 8.06. The van der Waals surface area contributed by atoms with Crippen molar-refractivity contribution in [1.29, 1.82) is 0 Å². The quantitative estimate of drug-likeness (QED) is 0.382. The van der Waals surface area contributed by atoms with E-state index >= 15 is 0 Å². The average molecular weight is 476 g/mol. The highest BCUT2D eigenvalue weighted by Crippen LogP contribution is 2.47. The first-order valence-electron chi connectivity index (χ1n) is 7.68. The molecule has 3 N–H and O–H groups in total. The fourth-order valence-corrected chi connectivity index (χ4v) is 3.02. The van der Waals surface area contributed by atoms with E-state index in [1.54, 1.807) is 31.4 Å². The van der Waals surface area contributed by atoms with E-state index in [0.717, 1.165) is 11.4 Å². The maximum Gasteiger partial charge on any atom is 0.193 e. The predicted octanol–water partition coefficient (Wildman–Crippen LogP) is 4.72. The molecule has 3 rings (SSSR count). The molecule has 0 aliphatic heterocycles. The third-order valence-electron chi connectivity index (χ3n) is 4.14. The van der Waals surface area contributed by atoms with Gasteiger partial charge in [-0.15, -0.1) is 24.0 Å². The lowest BCUT2D eigenvalue weighted by molar-refractivity contribution is 0.0415. The van der Waals surface area contributed by atoms with Gasteiger partial charge in [0.25, 0.3) is 0 Å². The van der Waals surface area contributed by atoms with Crippen LogP contribution in [0.2, 0.25) is 5.02 Å². The van der Waals surface area contributed by atoms with Crippen molar-refractivity contribution in [2.24, 2.45) is 10.7 Å². The molecule has 0 atom stereocenters. The Kier molecular flexibility index (Phi) is 6.51. The Bertz CT molecular complexity index is 748. The molecular weight excluding hydrogens is 456 g/mol. The fourth-order valence-electron chi connectivity index (χ4n) is 2.83. The first-order chi connectivity index (χ1) is 11.5. The predicted molar refractivity (Wildman–Crippen MR) is 111 cm³/mol. The van der Waals surface area contributed by atoms with Gasteiger partial charge in [0.15, 0.2) is 5.96 Å². The van der Waals surface area contributed by atoms with Gasteiger partial charge >= 0.3 is 0 Å². The van der Waals surface area contributed by atoms with Crippen LogP contribution in [0.1, 0.15) is 18.4 Å². The summed E-state index contributed by atoms with van der Waals surface area (Å²) in [5, 5.41) is 3.54. The molecule has 2 aromatic carbocycles. The Morgan fingerprint density at radius 2 is 1.96 bits per heavy atom. The molecular formula is C18H20ClFIN3O. The number of nitrogens with zero attached hydrogens (tertiary/aromatic N) is 1. The van der Waals surface area contributed by atoms with E-state index in [0.29, 0.717) is 23.4 Å². The highest BCUT2D eigenvalue weighted by Gasteiger charge is 2.46. The number of hydrogen-bond acceptors (Lipinski definition) is 2. The van der Waals surface area contributed by atoms with E-state index in [-0.39, 0.29) is 36.0 Å². The molecule has 0 amide bonds. The van der Waals surface area contributed by atoms with Crippen molar-refractivity contribution in [2.45, 2.75) is 24.6 Å². The molecule has 134 valence electrons. The number of aliphatic imine (C=N–C) groups is 1. The lowest BCUT2D eigenvalue weighted by Gasteiger charge is -2.39. The summed E-state index contributed by atoms with van der Waals surface area (Å²) in [5.41, 5.74) is 5.93. The Labute approximate surface area is 168 Å². The number of halogens is 3. The molecule has 0 heterocycles. The fraction of sp³-hybridized carbons (Fsp3) is 0.278. The van der Waals surface area contributed by atoms with E-state index in [9.17, 15) is 4.39 Å². The topological polar surface area (TPSA) is 59.6 Å². The summed E-state index contributed by atoms with van der Waals surface area (Å²) in [7, 11) is 1.61. The number of benzene rings is 2. The second-order valence-electron chi connectivity index (χ2n) is 5.91. The van der Waals surface area contributed by atoms with Gasteiger partial charge in [-0.25, -0.2) is 9.38 Å². The number of nitrogens with two attached hydrogens (primary N) is 1. The Balaban J connectivity index is 0.00000225. The van der Waals surface area contributed by atoms with Crippen LogP contribution in [0.15, 0.2) is 53.5 Å². The maximum atomic E-state index is 14.8. The van der Waals surface area contributed by atoms with E-state index in [1.165, 1.54) is 0 Å². The number of rotatable bonds is 4. The Morgan fingerprint density at radius 1 is 1.28 bits per heavy atom. The molecule has 7 heteroatoms. The standard InChI is InChI=1S/C18H19ClFN3O.HI/c1-24-16-7-5-14(6-8-16)22-17(21)23-15-10-18(20,11-15)12-3-2-4-13(19)9-12;/h2-9,15H,10-11H2,1H3,(H3,21,22,23);1H. The van der Waals surface area contributed by atoms with E-state index in [2.05, 4.69) is 10.3 Å². The molecule has 1 fully saturated rings. The van der Waals surface area contributed by atoms with Crippen molar-refractivity contribution < 1.29 is 9.13 Å². The Hall–Kier alpha value is -1.54. The maximum absolute atomic E-state index is 14.8. The van der Waals surface area contributed by atoms with Crippen molar-refractivity contribution in [1.82, 2.24) is 0 Å². The molecule has 0 unspecified atom stereocenters. The normalized spacial score (nSPS) is 22.5. The van der Waals surface area contributed by atoms with E-state index < -0.39 is 5.67 Å². The second kappa shape index (κ2) is 8.23. The number of hydrogen-bond donors (Lipinski definition) is 2. The van der Waals surface area contributed by atoms with Crippen LogP contribution in [0.3, 0.4) is 0 Å². The van der Waals surface area contributed by atoms with Gasteiger partial charge in [-0.2, -0.15) is 0 Å². The van der Waals surface area contributed by atoms with Gasteiger partial charge in [-0.3, -0.25) is 0 Å². The summed E-state index contributed by atoms with van der Waals surface area (Å²) < 4.78 is 19.9. The van der Waals surface area contributed by atoms with Gasteiger partial charge in [0.2, 0.25) is 0 Å². The zero-order valence-electron chi connectivity index (χ0n) is 13.7. The van der Waals surface area contributed by atoms with Gasteiger partial charge in [0.1, 0.15) is 11.4 Å². The van der Waals surface area contributed by atoms with Crippen LogP contribution >= 0.6 is 35.6 Å². The van der Waals surface area contributed by atoms with Crippen molar-refractivity contribution in [3.63, 3.8) is 0 Å². The zero-order chi connectivity index (χ0) is 17.2. The van der Waals surface area contributed by atoms with Crippen LogP contribution in [0, 0.1) is 0 Å². The third-order valence-corrected chi connectivity index (χ3v) is 4.38. The van der Waals surface area contributed by atoms with E-state index in [1.807, 2.05) is 24.3 Å². The average Bonchev–Trinajstić information content (AvgIpc) is 2.54. The van der Waals surface area contributed by atoms with Crippen LogP contribution in [-0.4, -0.2) is 19.1 Å². The SMILES string of the molecule is COc1ccc(NC(N)=NC2CC(F)(c3cccc(Cl)c3)C2)cc1.I. The summed E-state index contributed by atoms with van der Waals surface area (Å²) in [6.07, 6.45) is 0.608. The van der Waals surface area contributed by atoms with Crippen molar-refractivity contribution in [3.05, 3.63) is 59.1 Å². The van der Waals surface area contributed by atoms with Gasteiger partial charge < -0.3 is 15.8 Å². The highest BCUT2D eigenvalue weighted by atomic mass is 127.